The third-order valence-corrected chi connectivity index (χ3v) is 3.15. The molecular formula is C13H19N3O3. The van der Waals surface area contributed by atoms with Crippen LogP contribution in [0.25, 0.3) is 0 Å². The minimum Gasteiger partial charge on any atom is -0.497 e. The van der Waals surface area contributed by atoms with Gasteiger partial charge in [0.2, 0.25) is 5.91 Å². The number of nitrogens with one attached hydrogen (secondary N) is 1. The van der Waals surface area contributed by atoms with Crippen LogP contribution in [-0.4, -0.2) is 45.8 Å². The van der Waals surface area contributed by atoms with E-state index >= 15 is 0 Å². The van der Waals surface area contributed by atoms with Gasteiger partial charge in [0.1, 0.15) is 11.5 Å². The summed E-state index contributed by atoms with van der Waals surface area (Å²) in [5.74, 6) is 1.38. The number of methoxy groups -OCH3 is 2. The Bertz CT molecular complexity index is 464. The predicted octanol–water partition coefficient (Wildman–Crippen LogP) is -0.0327. The van der Waals surface area contributed by atoms with Gasteiger partial charge in [-0.25, -0.2) is 0 Å². The van der Waals surface area contributed by atoms with Crippen molar-refractivity contribution in [2.24, 2.45) is 5.73 Å². The van der Waals surface area contributed by atoms with Crippen molar-refractivity contribution in [3.63, 3.8) is 0 Å². The molecule has 1 unspecified atom stereocenters. The molecule has 0 saturated carbocycles. The van der Waals surface area contributed by atoms with Crippen molar-refractivity contribution in [2.45, 2.75) is 6.04 Å². The first-order valence-corrected chi connectivity index (χ1v) is 6.14. The fourth-order valence-electron chi connectivity index (χ4n) is 2.19. The number of nitrogens with zero attached hydrogens (tertiary/aromatic N) is 1. The molecule has 0 aromatic heterocycles. The number of hydrogen-bond donors (Lipinski definition) is 2. The molecule has 19 heavy (non-hydrogen) atoms. The van der Waals surface area contributed by atoms with Crippen molar-refractivity contribution in [1.29, 1.82) is 0 Å². The predicted molar refractivity (Wildman–Crippen MR) is 72.7 cm³/mol. The van der Waals surface area contributed by atoms with Gasteiger partial charge in [-0.05, 0) is 12.1 Å². The molecule has 0 spiro atoms. The van der Waals surface area contributed by atoms with Crippen LogP contribution in [-0.2, 0) is 4.79 Å². The van der Waals surface area contributed by atoms with Gasteiger partial charge in [-0.3, -0.25) is 4.79 Å². The fourth-order valence-corrected chi connectivity index (χ4v) is 2.19. The number of nitrogens with two attached hydrogens (primary N) is 1. The Morgan fingerprint density at radius 2 is 2.21 bits per heavy atom. The molecule has 0 bridgehead atoms. The number of amides is 1. The first-order valence-electron chi connectivity index (χ1n) is 6.14. The summed E-state index contributed by atoms with van der Waals surface area (Å²) in [4.78, 5) is 13.6. The molecule has 6 heteroatoms. The van der Waals surface area contributed by atoms with Crippen LogP contribution in [0.15, 0.2) is 18.2 Å². The minimum absolute atomic E-state index is 0.0282. The van der Waals surface area contributed by atoms with E-state index in [0.29, 0.717) is 25.4 Å². The molecule has 3 N–H and O–H groups in total. The average Bonchev–Trinajstić information content (AvgIpc) is 2.45. The van der Waals surface area contributed by atoms with Crippen LogP contribution in [0.4, 0.5) is 5.69 Å². The Morgan fingerprint density at radius 3 is 2.84 bits per heavy atom. The van der Waals surface area contributed by atoms with E-state index in [0.717, 1.165) is 11.4 Å². The second-order valence-corrected chi connectivity index (χ2v) is 4.42. The summed E-state index contributed by atoms with van der Waals surface area (Å²) < 4.78 is 10.5. The lowest BCUT2D eigenvalue weighted by molar-refractivity contribution is -0.121. The SMILES string of the molecule is COc1ccc(N2CC(=O)NC(CN)C2)c(OC)c1. The van der Waals surface area contributed by atoms with E-state index in [-0.39, 0.29) is 11.9 Å². The second-order valence-electron chi connectivity index (χ2n) is 4.42. The van der Waals surface area contributed by atoms with Crippen LogP contribution < -0.4 is 25.4 Å². The minimum atomic E-state index is -0.0342. The van der Waals surface area contributed by atoms with Gasteiger partial charge in [0.15, 0.2) is 0 Å². The molecular weight excluding hydrogens is 246 g/mol. The molecule has 1 aliphatic rings. The third kappa shape index (κ3) is 2.90. The zero-order chi connectivity index (χ0) is 13.8. The summed E-state index contributed by atoms with van der Waals surface area (Å²) in [5, 5.41) is 2.85. The lowest BCUT2D eigenvalue weighted by Crippen LogP contribution is -2.56. The largest absolute Gasteiger partial charge is 0.497 e. The maximum absolute atomic E-state index is 11.7. The lowest BCUT2D eigenvalue weighted by atomic mass is 10.1. The van der Waals surface area contributed by atoms with Crippen LogP contribution in [0.5, 0.6) is 11.5 Å². The molecule has 1 aromatic carbocycles. The summed E-state index contributed by atoms with van der Waals surface area (Å²) >= 11 is 0. The van der Waals surface area contributed by atoms with E-state index in [1.54, 1.807) is 20.3 Å². The molecule has 1 saturated heterocycles. The first kappa shape index (κ1) is 13.5. The highest BCUT2D eigenvalue weighted by molar-refractivity contribution is 5.84. The topological polar surface area (TPSA) is 76.8 Å². The fraction of sp³-hybridized carbons (Fsp3) is 0.462. The highest BCUT2D eigenvalue weighted by Gasteiger charge is 2.25. The first-order chi connectivity index (χ1) is 9.17. The number of carbonyl (C=O) groups excluding carboxylic acids is 1. The highest BCUT2D eigenvalue weighted by Crippen LogP contribution is 2.32. The molecule has 1 amide bonds. The molecule has 1 aromatic rings. The monoisotopic (exact) mass is 265 g/mol. The van der Waals surface area contributed by atoms with Crippen LogP contribution in [0, 0.1) is 0 Å². The van der Waals surface area contributed by atoms with Crippen molar-refractivity contribution < 1.29 is 14.3 Å². The molecule has 6 nitrogen and oxygen atoms in total. The third-order valence-electron chi connectivity index (χ3n) is 3.15. The summed E-state index contributed by atoms with van der Waals surface area (Å²) in [5.41, 5.74) is 6.50. The standard InChI is InChI=1S/C13H19N3O3/c1-18-10-3-4-11(12(5-10)19-2)16-7-9(6-14)15-13(17)8-16/h3-5,9H,6-8,14H2,1-2H3,(H,15,17). The number of carbonyl (C=O) groups is 1. The van der Waals surface area contributed by atoms with E-state index < -0.39 is 0 Å². The number of rotatable bonds is 4. The lowest BCUT2D eigenvalue weighted by Gasteiger charge is -2.34. The number of piperazine rings is 1. The normalized spacial score (nSPS) is 19.0. The van der Waals surface area contributed by atoms with Crippen LogP contribution in [0.1, 0.15) is 0 Å². The van der Waals surface area contributed by atoms with Gasteiger partial charge in [0.25, 0.3) is 0 Å². The maximum Gasteiger partial charge on any atom is 0.239 e. The summed E-state index contributed by atoms with van der Waals surface area (Å²) in [6.07, 6.45) is 0. The molecule has 1 aliphatic heterocycles. The molecule has 104 valence electrons. The van der Waals surface area contributed by atoms with Crippen molar-refractivity contribution in [1.82, 2.24) is 5.32 Å². The molecule has 1 heterocycles. The number of hydrogen-bond acceptors (Lipinski definition) is 5. The Kier molecular flexibility index (Phi) is 4.11. The smallest absolute Gasteiger partial charge is 0.239 e. The Labute approximate surface area is 112 Å². The number of anilines is 1. The van der Waals surface area contributed by atoms with Gasteiger partial charge in [0, 0.05) is 19.2 Å². The van der Waals surface area contributed by atoms with E-state index in [1.165, 1.54) is 0 Å². The second kappa shape index (κ2) is 5.79. The van der Waals surface area contributed by atoms with E-state index in [9.17, 15) is 4.79 Å². The van der Waals surface area contributed by atoms with E-state index in [4.69, 9.17) is 15.2 Å². The maximum atomic E-state index is 11.7. The van der Waals surface area contributed by atoms with Gasteiger partial charge in [-0.2, -0.15) is 0 Å². The zero-order valence-electron chi connectivity index (χ0n) is 11.2. The highest BCUT2D eigenvalue weighted by atomic mass is 16.5. The number of benzene rings is 1. The Morgan fingerprint density at radius 1 is 1.42 bits per heavy atom. The quantitative estimate of drug-likeness (QED) is 0.799. The Hall–Kier alpha value is -1.95. The molecule has 2 rings (SSSR count). The van der Waals surface area contributed by atoms with Crippen LogP contribution in [0.2, 0.25) is 0 Å². The van der Waals surface area contributed by atoms with Crippen molar-refractivity contribution in [2.75, 3.05) is 38.8 Å². The average molecular weight is 265 g/mol. The molecule has 0 radical (unpaired) electrons. The molecule has 1 atom stereocenters. The number of ether oxygens (including phenoxy) is 2. The van der Waals surface area contributed by atoms with Crippen molar-refractivity contribution in [3.8, 4) is 11.5 Å². The summed E-state index contributed by atoms with van der Waals surface area (Å²) in [7, 11) is 3.20. The summed E-state index contributed by atoms with van der Waals surface area (Å²) in [6.45, 7) is 1.39. The van der Waals surface area contributed by atoms with Gasteiger partial charge in [-0.15, -0.1) is 0 Å². The van der Waals surface area contributed by atoms with Crippen molar-refractivity contribution >= 4 is 11.6 Å². The van der Waals surface area contributed by atoms with Gasteiger partial charge in [0.05, 0.1) is 32.5 Å². The zero-order valence-corrected chi connectivity index (χ0v) is 11.2. The van der Waals surface area contributed by atoms with Crippen LogP contribution in [0.3, 0.4) is 0 Å². The van der Waals surface area contributed by atoms with E-state index in [2.05, 4.69) is 5.32 Å². The van der Waals surface area contributed by atoms with E-state index in [1.807, 2.05) is 17.0 Å². The van der Waals surface area contributed by atoms with Crippen molar-refractivity contribution in [3.05, 3.63) is 18.2 Å². The molecule has 1 fully saturated rings. The molecule has 0 aliphatic carbocycles. The Balaban J connectivity index is 2.27. The van der Waals surface area contributed by atoms with Crippen LogP contribution >= 0.6 is 0 Å². The summed E-state index contributed by atoms with van der Waals surface area (Å²) in [6, 6.07) is 5.51. The van der Waals surface area contributed by atoms with Gasteiger partial charge in [-0.1, -0.05) is 0 Å². The van der Waals surface area contributed by atoms with Gasteiger partial charge < -0.3 is 25.4 Å². The van der Waals surface area contributed by atoms with Gasteiger partial charge >= 0.3 is 0 Å².